The van der Waals surface area contributed by atoms with E-state index in [9.17, 15) is 0 Å². The highest BCUT2D eigenvalue weighted by molar-refractivity contribution is 9.10. The standard InChI is InChI=1S/C15H14Br2ClNO/c1-9(19-2)12-5-4-11(8-13(12)17)20-15-7-10(16)3-6-14(15)18/h3-9,19H,1-2H3. The number of benzene rings is 2. The first-order valence-corrected chi connectivity index (χ1v) is 8.07. The molecule has 0 aliphatic rings. The quantitative estimate of drug-likeness (QED) is 0.662. The maximum absolute atomic E-state index is 6.12. The predicted octanol–water partition coefficient (Wildman–Crippen LogP) is 5.94. The fraction of sp³-hybridized carbons (Fsp3) is 0.200. The summed E-state index contributed by atoms with van der Waals surface area (Å²) in [7, 11) is 1.93. The number of hydrogen-bond donors (Lipinski definition) is 1. The van der Waals surface area contributed by atoms with Gasteiger partial charge in [-0.15, -0.1) is 0 Å². The fourth-order valence-corrected chi connectivity index (χ4v) is 2.96. The Balaban J connectivity index is 2.26. The molecule has 2 aromatic carbocycles. The zero-order chi connectivity index (χ0) is 14.7. The Hall–Kier alpha value is -0.550. The molecule has 0 spiro atoms. The van der Waals surface area contributed by atoms with Crippen molar-refractivity contribution in [2.45, 2.75) is 13.0 Å². The van der Waals surface area contributed by atoms with E-state index in [0.717, 1.165) is 14.7 Å². The second-order valence-electron chi connectivity index (χ2n) is 4.37. The molecule has 1 atom stereocenters. The van der Waals surface area contributed by atoms with Gasteiger partial charge in [0, 0.05) is 15.0 Å². The van der Waals surface area contributed by atoms with E-state index >= 15 is 0 Å². The van der Waals surface area contributed by atoms with Crippen molar-refractivity contribution in [2.75, 3.05) is 7.05 Å². The van der Waals surface area contributed by atoms with Crippen LogP contribution in [0, 0.1) is 0 Å². The van der Waals surface area contributed by atoms with E-state index < -0.39 is 0 Å². The molecule has 0 saturated heterocycles. The summed E-state index contributed by atoms with van der Waals surface area (Å²) in [6.45, 7) is 2.10. The third kappa shape index (κ3) is 3.76. The van der Waals surface area contributed by atoms with Gasteiger partial charge in [0.2, 0.25) is 0 Å². The van der Waals surface area contributed by atoms with Gasteiger partial charge in [0.05, 0.1) is 5.02 Å². The topological polar surface area (TPSA) is 21.3 Å². The molecule has 0 amide bonds. The number of ether oxygens (including phenoxy) is 1. The first kappa shape index (κ1) is 15.8. The van der Waals surface area contributed by atoms with Crippen LogP contribution in [0.25, 0.3) is 0 Å². The minimum Gasteiger partial charge on any atom is -0.456 e. The zero-order valence-corrected chi connectivity index (χ0v) is 15.0. The lowest BCUT2D eigenvalue weighted by Crippen LogP contribution is -2.12. The number of nitrogens with one attached hydrogen (secondary N) is 1. The second-order valence-corrected chi connectivity index (χ2v) is 6.55. The first-order chi connectivity index (χ1) is 9.51. The van der Waals surface area contributed by atoms with E-state index in [1.807, 2.05) is 37.4 Å². The summed E-state index contributed by atoms with van der Waals surface area (Å²) in [5, 5.41) is 3.79. The van der Waals surface area contributed by atoms with Gasteiger partial charge in [-0.2, -0.15) is 0 Å². The molecule has 20 heavy (non-hydrogen) atoms. The molecule has 0 aromatic heterocycles. The molecule has 2 aromatic rings. The molecule has 2 nitrogen and oxygen atoms in total. The zero-order valence-electron chi connectivity index (χ0n) is 11.1. The third-order valence-corrected chi connectivity index (χ3v) is 4.48. The molecular weight excluding hydrogens is 405 g/mol. The first-order valence-electron chi connectivity index (χ1n) is 6.11. The lowest BCUT2D eigenvalue weighted by atomic mass is 10.1. The van der Waals surface area contributed by atoms with Gasteiger partial charge in [-0.1, -0.05) is 49.5 Å². The van der Waals surface area contributed by atoms with Crippen LogP contribution in [0.15, 0.2) is 45.3 Å². The molecule has 2 rings (SSSR count). The van der Waals surface area contributed by atoms with Gasteiger partial charge in [-0.25, -0.2) is 0 Å². The lowest BCUT2D eigenvalue weighted by Gasteiger charge is -2.14. The van der Waals surface area contributed by atoms with Crippen LogP contribution in [0.5, 0.6) is 11.5 Å². The van der Waals surface area contributed by atoms with Crippen molar-refractivity contribution in [3.05, 3.63) is 55.9 Å². The minimum absolute atomic E-state index is 0.271. The summed E-state index contributed by atoms with van der Waals surface area (Å²) in [5.74, 6) is 1.37. The van der Waals surface area contributed by atoms with Crippen LogP contribution in [-0.4, -0.2) is 7.05 Å². The fourth-order valence-electron chi connectivity index (χ4n) is 1.76. The predicted molar refractivity (Wildman–Crippen MR) is 90.8 cm³/mol. The Morgan fingerprint density at radius 3 is 2.55 bits per heavy atom. The van der Waals surface area contributed by atoms with Crippen LogP contribution in [0.4, 0.5) is 0 Å². The van der Waals surface area contributed by atoms with Crippen molar-refractivity contribution in [3.8, 4) is 11.5 Å². The van der Waals surface area contributed by atoms with Crippen molar-refractivity contribution >= 4 is 43.5 Å². The molecule has 106 valence electrons. The van der Waals surface area contributed by atoms with Gasteiger partial charge >= 0.3 is 0 Å². The van der Waals surface area contributed by atoms with Crippen LogP contribution in [-0.2, 0) is 0 Å². The molecule has 0 radical (unpaired) electrons. The van der Waals surface area contributed by atoms with Crippen LogP contribution in [0.2, 0.25) is 5.02 Å². The summed E-state index contributed by atoms with van der Waals surface area (Å²) in [5.41, 5.74) is 1.18. The van der Waals surface area contributed by atoms with Crippen molar-refractivity contribution < 1.29 is 4.74 Å². The molecule has 0 bridgehead atoms. The SMILES string of the molecule is CNC(C)c1ccc(Oc2cc(Br)ccc2Cl)cc1Br. The molecule has 0 heterocycles. The minimum atomic E-state index is 0.271. The van der Waals surface area contributed by atoms with Crippen molar-refractivity contribution in [2.24, 2.45) is 0 Å². The summed E-state index contributed by atoms with van der Waals surface area (Å²) in [4.78, 5) is 0. The average Bonchev–Trinajstić information content (AvgIpc) is 2.42. The number of rotatable bonds is 4. The smallest absolute Gasteiger partial charge is 0.147 e. The van der Waals surface area contributed by atoms with Crippen molar-refractivity contribution in [3.63, 3.8) is 0 Å². The molecule has 1 N–H and O–H groups in total. The van der Waals surface area contributed by atoms with Crippen LogP contribution >= 0.6 is 43.5 Å². The molecule has 1 unspecified atom stereocenters. The van der Waals surface area contributed by atoms with Gasteiger partial charge < -0.3 is 10.1 Å². The monoisotopic (exact) mass is 417 g/mol. The van der Waals surface area contributed by atoms with Gasteiger partial charge in [0.1, 0.15) is 11.5 Å². The van der Waals surface area contributed by atoms with Gasteiger partial charge in [-0.3, -0.25) is 0 Å². The van der Waals surface area contributed by atoms with Crippen LogP contribution < -0.4 is 10.1 Å². The second kappa shape index (κ2) is 6.94. The molecular formula is C15H14Br2ClNO. The highest BCUT2D eigenvalue weighted by Gasteiger charge is 2.10. The Kier molecular flexibility index (Phi) is 5.49. The molecule has 0 aliphatic carbocycles. The number of hydrogen-bond acceptors (Lipinski definition) is 2. The van der Waals surface area contributed by atoms with Crippen LogP contribution in [0.1, 0.15) is 18.5 Å². The van der Waals surface area contributed by atoms with Crippen LogP contribution in [0.3, 0.4) is 0 Å². The Bertz CT molecular complexity index is 619. The summed E-state index contributed by atoms with van der Waals surface area (Å²) in [6.07, 6.45) is 0. The molecule has 0 aliphatic heterocycles. The highest BCUT2D eigenvalue weighted by atomic mass is 79.9. The van der Waals surface area contributed by atoms with Crippen molar-refractivity contribution in [1.29, 1.82) is 0 Å². The largest absolute Gasteiger partial charge is 0.456 e. The maximum Gasteiger partial charge on any atom is 0.147 e. The van der Waals surface area contributed by atoms with E-state index in [-0.39, 0.29) is 6.04 Å². The Labute approximate surface area is 140 Å². The molecule has 5 heteroatoms. The van der Waals surface area contributed by atoms with Gasteiger partial charge in [0.15, 0.2) is 0 Å². The van der Waals surface area contributed by atoms with Gasteiger partial charge in [-0.05, 0) is 49.9 Å². The van der Waals surface area contributed by atoms with Crippen molar-refractivity contribution in [1.82, 2.24) is 5.32 Å². The highest BCUT2D eigenvalue weighted by Crippen LogP contribution is 2.34. The van der Waals surface area contributed by atoms with E-state index in [2.05, 4.69) is 44.1 Å². The van der Waals surface area contributed by atoms with E-state index in [4.69, 9.17) is 16.3 Å². The summed E-state index contributed by atoms with van der Waals surface area (Å²) in [6, 6.07) is 11.7. The lowest BCUT2D eigenvalue weighted by molar-refractivity contribution is 0.481. The Morgan fingerprint density at radius 1 is 1.15 bits per heavy atom. The normalized spacial score (nSPS) is 12.2. The number of halogens is 3. The molecule has 0 saturated carbocycles. The average molecular weight is 420 g/mol. The van der Waals surface area contributed by atoms with Gasteiger partial charge in [0.25, 0.3) is 0 Å². The van der Waals surface area contributed by atoms with E-state index in [1.54, 1.807) is 6.07 Å². The summed E-state index contributed by atoms with van der Waals surface area (Å²) < 4.78 is 7.76. The maximum atomic E-state index is 6.12. The van der Waals surface area contributed by atoms with E-state index in [0.29, 0.717) is 10.8 Å². The summed E-state index contributed by atoms with van der Waals surface area (Å²) >= 11 is 13.1. The van der Waals surface area contributed by atoms with E-state index in [1.165, 1.54) is 5.56 Å². The Morgan fingerprint density at radius 2 is 1.90 bits per heavy atom. The molecule has 0 fully saturated rings. The third-order valence-electron chi connectivity index (χ3n) is 2.99.